The number of likely N-dealkylation sites (N-methyl/N-ethyl adjacent to an activating group) is 1. The highest BCUT2D eigenvalue weighted by atomic mass is 32.2. The van der Waals surface area contributed by atoms with Crippen molar-refractivity contribution in [3.63, 3.8) is 0 Å². The number of thioether (sulfide) groups is 1. The molecule has 1 aromatic heterocycles. The molecule has 0 spiro atoms. The normalized spacial score (nSPS) is 13.9. The van der Waals surface area contributed by atoms with Gasteiger partial charge in [-0.2, -0.15) is 0 Å². The SMILES string of the molecule is COc1cccc(-n2ccnc2SCC(=O)NCCN(C)C2CC2)c1. The van der Waals surface area contributed by atoms with Crippen LogP contribution in [0.4, 0.5) is 0 Å². The number of ether oxygens (including phenoxy) is 1. The molecule has 134 valence electrons. The van der Waals surface area contributed by atoms with Crippen LogP contribution in [-0.4, -0.2) is 59.4 Å². The van der Waals surface area contributed by atoms with Crippen LogP contribution in [0.5, 0.6) is 5.75 Å². The highest BCUT2D eigenvalue weighted by molar-refractivity contribution is 7.99. The van der Waals surface area contributed by atoms with Crippen molar-refractivity contribution in [3.05, 3.63) is 36.7 Å². The predicted molar refractivity (Wildman–Crippen MR) is 99.5 cm³/mol. The molecule has 1 aromatic carbocycles. The number of amides is 1. The number of nitrogens with one attached hydrogen (secondary N) is 1. The van der Waals surface area contributed by atoms with E-state index in [2.05, 4.69) is 22.2 Å². The monoisotopic (exact) mass is 360 g/mol. The Kier molecular flexibility index (Phi) is 5.99. The second kappa shape index (κ2) is 8.40. The molecule has 1 amide bonds. The zero-order valence-electron chi connectivity index (χ0n) is 14.6. The fraction of sp³-hybridized carbons (Fsp3) is 0.444. The molecule has 1 heterocycles. The van der Waals surface area contributed by atoms with E-state index in [1.807, 2.05) is 35.0 Å². The molecule has 1 saturated carbocycles. The van der Waals surface area contributed by atoms with Crippen molar-refractivity contribution in [1.29, 1.82) is 0 Å². The van der Waals surface area contributed by atoms with E-state index in [-0.39, 0.29) is 5.91 Å². The van der Waals surface area contributed by atoms with Gasteiger partial charge in [0, 0.05) is 37.6 Å². The molecule has 0 atom stereocenters. The van der Waals surface area contributed by atoms with Crippen molar-refractivity contribution in [1.82, 2.24) is 19.8 Å². The fourth-order valence-electron chi connectivity index (χ4n) is 2.60. The summed E-state index contributed by atoms with van der Waals surface area (Å²) in [7, 11) is 3.76. The lowest BCUT2D eigenvalue weighted by Gasteiger charge is -2.15. The molecular formula is C18H24N4O2S. The second-order valence-corrected chi connectivity index (χ2v) is 7.07. The molecule has 0 unspecified atom stereocenters. The van der Waals surface area contributed by atoms with Crippen LogP contribution in [0.25, 0.3) is 5.69 Å². The molecule has 2 aromatic rings. The summed E-state index contributed by atoms with van der Waals surface area (Å²) < 4.78 is 7.23. The van der Waals surface area contributed by atoms with E-state index in [0.29, 0.717) is 12.3 Å². The van der Waals surface area contributed by atoms with E-state index in [0.717, 1.165) is 29.2 Å². The number of imidazole rings is 1. The molecular weight excluding hydrogens is 336 g/mol. The standard InChI is InChI=1S/C18H24N4O2S/c1-21(14-6-7-14)10-8-19-17(23)13-25-18-20-9-11-22(18)15-4-3-5-16(12-15)24-2/h3-5,9,11-12,14H,6-8,10,13H2,1-2H3,(H,19,23). The summed E-state index contributed by atoms with van der Waals surface area (Å²) >= 11 is 1.43. The van der Waals surface area contributed by atoms with Crippen LogP contribution in [0.2, 0.25) is 0 Å². The summed E-state index contributed by atoms with van der Waals surface area (Å²) in [6.45, 7) is 1.59. The lowest BCUT2D eigenvalue weighted by molar-refractivity contribution is -0.118. The van der Waals surface area contributed by atoms with Gasteiger partial charge >= 0.3 is 0 Å². The third-order valence-electron chi connectivity index (χ3n) is 4.23. The first-order valence-corrected chi connectivity index (χ1v) is 9.43. The minimum Gasteiger partial charge on any atom is -0.497 e. The summed E-state index contributed by atoms with van der Waals surface area (Å²) in [6, 6.07) is 8.49. The Morgan fingerprint density at radius 3 is 3.08 bits per heavy atom. The van der Waals surface area contributed by atoms with Crippen molar-refractivity contribution >= 4 is 17.7 Å². The van der Waals surface area contributed by atoms with Gasteiger partial charge in [-0.15, -0.1) is 0 Å². The van der Waals surface area contributed by atoms with Gasteiger partial charge in [-0.3, -0.25) is 9.36 Å². The van der Waals surface area contributed by atoms with E-state index >= 15 is 0 Å². The largest absolute Gasteiger partial charge is 0.497 e. The first-order valence-electron chi connectivity index (χ1n) is 8.45. The van der Waals surface area contributed by atoms with E-state index in [1.165, 1.54) is 24.6 Å². The molecule has 1 fully saturated rings. The molecule has 7 heteroatoms. The lowest BCUT2D eigenvalue weighted by Crippen LogP contribution is -2.34. The van der Waals surface area contributed by atoms with Gasteiger partial charge in [0.15, 0.2) is 5.16 Å². The molecule has 1 N–H and O–H groups in total. The maximum atomic E-state index is 12.0. The summed E-state index contributed by atoms with van der Waals surface area (Å²) in [4.78, 5) is 18.7. The summed E-state index contributed by atoms with van der Waals surface area (Å²) in [5.41, 5.74) is 0.964. The van der Waals surface area contributed by atoms with E-state index in [4.69, 9.17) is 4.74 Å². The minimum absolute atomic E-state index is 0.0365. The number of methoxy groups -OCH3 is 1. The minimum atomic E-state index is 0.0365. The smallest absolute Gasteiger partial charge is 0.230 e. The fourth-order valence-corrected chi connectivity index (χ4v) is 3.41. The van der Waals surface area contributed by atoms with Gasteiger partial charge in [-0.25, -0.2) is 4.98 Å². The number of nitrogens with zero attached hydrogens (tertiary/aromatic N) is 3. The van der Waals surface area contributed by atoms with Gasteiger partial charge in [-0.05, 0) is 32.0 Å². The number of benzene rings is 1. The van der Waals surface area contributed by atoms with Crippen molar-refractivity contribution in [2.45, 2.75) is 24.0 Å². The molecule has 0 radical (unpaired) electrons. The van der Waals surface area contributed by atoms with E-state index in [9.17, 15) is 4.79 Å². The van der Waals surface area contributed by atoms with Crippen molar-refractivity contribution in [2.24, 2.45) is 0 Å². The Hall–Kier alpha value is -1.99. The Morgan fingerprint density at radius 2 is 2.32 bits per heavy atom. The molecule has 6 nitrogen and oxygen atoms in total. The molecule has 0 saturated heterocycles. The number of hydrogen-bond acceptors (Lipinski definition) is 5. The Bertz CT molecular complexity index is 715. The van der Waals surface area contributed by atoms with E-state index in [1.54, 1.807) is 13.3 Å². The third-order valence-corrected chi connectivity index (χ3v) is 5.19. The summed E-state index contributed by atoms with van der Waals surface area (Å²) in [6.07, 6.45) is 6.20. The quantitative estimate of drug-likeness (QED) is 0.695. The third kappa shape index (κ3) is 4.99. The van der Waals surface area contributed by atoms with Crippen molar-refractivity contribution < 1.29 is 9.53 Å². The second-order valence-electron chi connectivity index (χ2n) is 6.13. The van der Waals surface area contributed by atoms with Gasteiger partial charge in [0.25, 0.3) is 0 Å². The first kappa shape index (κ1) is 17.8. The zero-order valence-corrected chi connectivity index (χ0v) is 15.5. The summed E-state index contributed by atoms with van der Waals surface area (Å²) in [5.74, 6) is 1.18. The topological polar surface area (TPSA) is 59.4 Å². The van der Waals surface area contributed by atoms with E-state index < -0.39 is 0 Å². The zero-order chi connectivity index (χ0) is 17.6. The van der Waals surface area contributed by atoms with Gasteiger partial charge in [0.1, 0.15) is 5.75 Å². The number of hydrogen-bond donors (Lipinski definition) is 1. The molecule has 0 bridgehead atoms. The van der Waals surface area contributed by atoms with Crippen LogP contribution in [0.3, 0.4) is 0 Å². The van der Waals surface area contributed by atoms with Crippen LogP contribution in [-0.2, 0) is 4.79 Å². The number of aromatic nitrogens is 2. The highest BCUT2D eigenvalue weighted by Crippen LogP contribution is 2.25. The maximum absolute atomic E-state index is 12.0. The average molecular weight is 360 g/mol. The van der Waals surface area contributed by atoms with Crippen LogP contribution in [0.1, 0.15) is 12.8 Å². The van der Waals surface area contributed by atoms with Crippen LogP contribution < -0.4 is 10.1 Å². The molecule has 25 heavy (non-hydrogen) atoms. The van der Waals surface area contributed by atoms with Crippen LogP contribution in [0.15, 0.2) is 41.8 Å². The van der Waals surface area contributed by atoms with Gasteiger partial charge in [0.2, 0.25) is 5.91 Å². The van der Waals surface area contributed by atoms with Crippen molar-refractivity contribution in [2.75, 3.05) is 33.0 Å². The summed E-state index contributed by atoms with van der Waals surface area (Å²) in [5, 5.41) is 3.77. The predicted octanol–water partition coefficient (Wildman–Crippen LogP) is 2.18. The molecule has 1 aliphatic rings. The van der Waals surface area contributed by atoms with Gasteiger partial charge < -0.3 is 15.0 Å². The first-order chi connectivity index (χ1) is 12.2. The Labute approximate surface area is 152 Å². The molecule has 3 rings (SSSR count). The highest BCUT2D eigenvalue weighted by Gasteiger charge is 2.25. The van der Waals surface area contributed by atoms with Crippen LogP contribution in [0, 0.1) is 0 Å². The lowest BCUT2D eigenvalue weighted by atomic mass is 10.3. The van der Waals surface area contributed by atoms with Gasteiger partial charge in [0.05, 0.1) is 18.6 Å². The number of carbonyl (C=O) groups excluding carboxylic acids is 1. The van der Waals surface area contributed by atoms with Crippen LogP contribution >= 0.6 is 11.8 Å². The maximum Gasteiger partial charge on any atom is 0.230 e. The van der Waals surface area contributed by atoms with Gasteiger partial charge in [-0.1, -0.05) is 17.8 Å². The Morgan fingerprint density at radius 1 is 1.48 bits per heavy atom. The number of carbonyl (C=O) groups is 1. The Balaban J connectivity index is 1.50. The van der Waals surface area contributed by atoms with Crippen molar-refractivity contribution in [3.8, 4) is 11.4 Å². The average Bonchev–Trinajstić information content (AvgIpc) is 3.38. The molecule has 0 aliphatic heterocycles. The molecule has 1 aliphatic carbocycles. The number of rotatable bonds is 9.